The minimum Gasteiger partial charge on any atom is -0.401 e. The van der Waals surface area contributed by atoms with E-state index in [-0.39, 0.29) is 0 Å². The number of nitrogens with two attached hydrogens (primary N) is 1. The van der Waals surface area contributed by atoms with Gasteiger partial charge >= 0.3 is 0 Å². The summed E-state index contributed by atoms with van der Waals surface area (Å²) >= 11 is 0. The van der Waals surface area contributed by atoms with E-state index in [1.54, 1.807) is 0 Å². The van der Waals surface area contributed by atoms with Crippen molar-refractivity contribution in [1.29, 1.82) is 0 Å². The van der Waals surface area contributed by atoms with Crippen LogP contribution >= 0.6 is 0 Å². The SMILES string of the molecule is CNC1=C(N)CCCC1. The Morgan fingerprint density at radius 3 is 2.44 bits per heavy atom. The van der Waals surface area contributed by atoms with Crippen molar-refractivity contribution in [2.75, 3.05) is 7.05 Å². The molecular formula is C7H14N2. The second-order valence-corrected chi connectivity index (χ2v) is 2.46. The maximum absolute atomic E-state index is 5.71. The minimum absolute atomic E-state index is 1.06. The lowest BCUT2D eigenvalue weighted by Crippen LogP contribution is -2.17. The van der Waals surface area contributed by atoms with Gasteiger partial charge in [0.15, 0.2) is 0 Å². The zero-order chi connectivity index (χ0) is 6.69. The Morgan fingerprint density at radius 1 is 1.33 bits per heavy atom. The van der Waals surface area contributed by atoms with E-state index < -0.39 is 0 Å². The molecule has 0 aromatic heterocycles. The molecule has 0 atom stereocenters. The van der Waals surface area contributed by atoms with Crippen LogP contribution < -0.4 is 11.1 Å². The summed E-state index contributed by atoms with van der Waals surface area (Å²) in [5, 5.41) is 3.11. The van der Waals surface area contributed by atoms with E-state index >= 15 is 0 Å². The highest BCUT2D eigenvalue weighted by atomic mass is 14.9. The van der Waals surface area contributed by atoms with E-state index in [9.17, 15) is 0 Å². The zero-order valence-corrected chi connectivity index (χ0v) is 5.91. The lowest BCUT2D eigenvalue weighted by atomic mass is 10.0. The first-order chi connectivity index (χ1) is 4.34. The number of nitrogens with one attached hydrogen (secondary N) is 1. The van der Waals surface area contributed by atoms with Gasteiger partial charge in [-0.2, -0.15) is 0 Å². The molecule has 1 aliphatic carbocycles. The van der Waals surface area contributed by atoms with E-state index in [1.807, 2.05) is 7.05 Å². The molecule has 0 unspecified atom stereocenters. The molecule has 0 bridgehead atoms. The lowest BCUT2D eigenvalue weighted by molar-refractivity contribution is 0.634. The molecule has 0 aromatic rings. The molecule has 9 heavy (non-hydrogen) atoms. The molecule has 0 radical (unpaired) electrons. The molecule has 2 heteroatoms. The fourth-order valence-electron chi connectivity index (χ4n) is 1.21. The molecule has 0 aromatic carbocycles. The van der Waals surface area contributed by atoms with Gasteiger partial charge in [-0.05, 0) is 25.7 Å². The summed E-state index contributed by atoms with van der Waals surface area (Å²) in [6, 6.07) is 0. The van der Waals surface area contributed by atoms with Crippen LogP contribution in [0.2, 0.25) is 0 Å². The highest BCUT2D eigenvalue weighted by Crippen LogP contribution is 2.18. The molecule has 0 fully saturated rings. The van der Waals surface area contributed by atoms with Crippen LogP contribution in [0, 0.1) is 0 Å². The molecule has 1 aliphatic rings. The van der Waals surface area contributed by atoms with Crippen molar-refractivity contribution in [3.05, 3.63) is 11.4 Å². The maximum Gasteiger partial charge on any atom is 0.0294 e. The second-order valence-electron chi connectivity index (χ2n) is 2.46. The summed E-state index contributed by atoms with van der Waals surface area (Å²) in [6.45, 7) is 0. The molecule has 0 saturated heterocycles. The topological polar surface area (TPSA) is 38.0 Å². The van der Waals surface area contributed by atoms with Crippen LogP contribution in [0.15, 0.2) is 11.4 Å². The van der Waals surface area contributed by atoms with Gasteiger partial charge in [-0.15, -0.1) is 0 Å². The third-order valence-electron chi connectivity index (χ3n) is 1.81. The molecule has 0 saturated carbocycles. The summed E-state index contributed by atoms with van der Waals surface area (Å²) in [5.41, 5.74) is 8.02. The van der Waals surface area contributed by atoms with E-state index in [1.165, 1.54) is 18.5 Å². The van der Waals surface area contributed by atoms with Crippen molar-refractivity contribution in [2.24, 2.45) is 5.73 Å². The number of rotatable bonds is 1. The number of allylic oxidation sites excluding steroid dienone is 2. The molecule has 0 amide bonds. The van der Waals surface area contributed by atoms with Gasteiger partial charge in [0, 0.05) is 18.4 Å². The number of hydrogen-bond acceptors (Lipinski definition) is 2. The van der Waals surface area contributed by atoms with E-state index in [0.29, 0.717) is 0 Å². The highest BCUT2D eigenvalue weighted by molar-refractivity contribution is 5.11. The van der Waals surface area contributed by atoms with Crippen molar-refractivity contribution < 1.29 is 0 Å². The summed E-state index contributed by atoms with van der Waals surface area (Å²) in [4.78, 5) is 0. The van der Waals surface area contributed by atoms with Gasteiger partial charge in [0.05, 0.1) is 0 Å². The molecule has 0 heterocycles. The van der Waals surface area contributed by atoms with Crippen molar-refractivity contribution in [3.63, 3.8) is 0 Å². The predicted octanol–water partition coefficient (Wildman–Crippen LogP) is 0.950. The van der Waals surface area contributed by atoms with E-state index in [0.717, 1.165) is 18.5 Å². The molecule has 1 rings (SSSR count). The van der Waals surface area contributed by atoms with Crippen LogP contribution in [0.1, 0.15) is 25.7 Å². The van der Waals surface area contributed by atoms with Crippen LogP contribution in [0.5, 0.6) is 0 Å². The van der Waals surface area contributed by atoms with Crippen LogP contribution in [0.3, 0.4) is 0 Å². The second kappa shape index (κ2) is 2.76. The average Bonchev–Trinajstić information content (AvgIpc) is 1.89. The van der Waals surface area contributed by atoms with Gasteiger partial charge in [0.25, 0.3) is 0 Å². The quantitative estimate of drug-likeness (QED) is 0.549. The molecule has 0 spiro atoms. The monoisotopic (exact) mass is 126 g/mol. The lowest BCUT2D eigenvalue weighted by Gasteiger charge is -2.16. The first-order valence-corrected chi connectivity index (χ1v) is 3.50. The average molecular weight is 126 g/mol. The third-order valence-corrected chi connectivity index (χ3v) is 1.81. The van der Waals surface area contributed by atoms with E-state index in [2.05, 4.69) is 5.32 Å². The Bertz CT molecular complexity index is 127. The predicted molar refractivity (Wildman–Crippen MR) is 38.7 cm³/mol. The fourth-order valence-corrected chi connectivity index (χ4v) is 1.21. The Hall–Kier alpha value is -0.660. The van der Waals surface area contributed by atoms with Gasteiger partial charge < -0.3 is 11.1 Å². The van der Waals surface area contributed by atoms with Gasteiger partial charge in [0.1, 0.15) is 0 Å². The maximum atomic E-state index is 5.71. The van der Waals surface area contributed by atoms with Crippen molar-refractivity contribution in [3.8, 4) is 0 Å². The van der Waals surface area contributed by atoms with Crippen molar-refractivity contribution in [1.82, 2.24) is 5.32 Å². The molecule has 0 aliphatic heterocycles. The standard InChI is InChI=1S/C7H14N2/c1-9-7-5-3-2-4-6(7)8/h9H,2-5,8H2,1H3. The van der Waals surface area contributed by atoms with Crippen LogP contribution in [-0.2, 0) is 0 Å². The van der Waals surface area contributed by atoms with Crippen molar-refractivity contribution >= 4 is 0 Å². The van der Waals surface area contributed by atoms with Crippen molar-refractivity contribution in [2.45, 2.75) is 25.7 Å². The number of hydrogen-bond donors (Lipinski definition) is 2. The minimum atomic E-state index is 1.06. The molecule has 52 valence electrons. The fraction of sp³-hybridized carbons (Fsp3) is 0.714. The Balaban J connectivity index is 2.59. The Morgan fingerprint density at radius 2 is 2.00 bits per heavy atom. The summed E-state index contributed by atoms with van der Waals surface area (Å²) in [5.74, 6) is 0. The largest absolute Gasteiger partial charge is 0.401 e. The normalized spacial score (nSPS) is 20.1. The summed E-state index contributed by atoms with van der Waals surface area (Å²) < 4.78 is 0. The van der Waals surface area contributed by atoms with Gasteiger partial charge in [0.2, 0.25) is 0 Å². The zero-order valence-electron chi connectivity index (χ0n) is 5.91. The molecular weight excluding hydrogens is 112 g/mol. The molecule has 2 nitrogen and oxygen atoms in total. The van der Waals surface area contributed by atoms with Gasteiger partial charge in [-0.25, -0.2) is 0 Å². The summed E-state index contributed by atoms with van der Waals surface area (Å²) in [6.07, 6.45) is 4.77. The first-order valence-electron chi connectivity index (χ1n) is 3.50. The molecule has 3 N–H and O–H groups in total. The summed E-state index contributed by atoms with van der Waals surface area (Å²) in [7, 11) is 1.94. The van der Waals surface area contributed by atoms with Gasteiger partial charge in [-0.1, -0.05) is 0 Å². The smallest absolute Gasteiger partial charge is 0.0294 e. The Kier molecular flexibility index (Phi) is 1.98. The Labute approximate surface area is 56.1 Å². The van der Waals surface area contributed by atoms with Crippen LogP contribution in [0.25, 0.3) is 0 Å². The third kappa shape index (κ3) is 1.37. The first kappa shape index (κ1) is 6.46. The van der Waals surface area contributed by atoms with Crippen LogP contribution in [0.4, 0.5) is 0 Å². The van der Waals surface area contributed by atoms with E-state index in [4.69, 9.17) is 5.73 Å². The van der Waals surface area contributed by atoms with Crippen LogP contribution in [-0.4, -0.2) is 7.05 Å². The highest BCUT2D eigenvalue weighted by Gasteiger charge is 2.06. The van der Waals surface area contributed by atoms with Gasteiger partial charge in [-0.3, -0.25) is 0 Å².